The third-order valence-electron chi connectivity index (χ3n) is 3.51. The van der Waals surface area contributed by atoms with E-state index in [1.54, 1.807) is 12.4 Å². The molecule has 0 radical (unpaired) electrons. The minimum Gasteiger partial charge on any atom is -0.375 e. The number of ether oxygens (including phenoxy) is 2. The van der Waals surface area contributed by atoms with Crippen LogP contribution in [0.25, 0.3) is 0 Å². The number of hydrogen-bond donors (Lipinski definition) is 1. The minimum absolute atomic E-state index is 0.0455. The smallest absolute Gasteiger partial charge is 0.0977 e. The van der Waals surface area contributed by atoms with Crippen molar-refractivity contribution in [1.82, 2.24) is 4.98 Å². The Labute approximate surface area is 115 Å². The van der Waals surface area contributed by atoms with Crippen LogP contribution in [0.3, 0.4) is 0 Å². The van der Waals surface area contributed by atoms with Crippen LogP contribution in [0, 0.1) is 0 Å². The van der Waals surface area contributed by atoms with Gasteiger partial charge in [-0.1, -0.05) is 0 Å². The van der Waals surface area contributed by atoms with Crippen molar-refractivity contribution in [2.24, 2.45) is 5.73 Å². The third kappa shape index (κ3) is 4.00. The fourth-order valence-corrected chi connectivity index (χ4v) is 2.72. The van der Waals surface area contributed by atoms with Gasteiger partial charge in [0.05, 0.1) is 24.4 Å². The zero-order chi connectivity index (χ0) is 13.8. The van der Waals surface area contributed by atoms with Gasteiger partial charge in [-0.05, 0) is 51.3 Å². The maximum absolute atomic E-state index is 6.25. The summed E-state index contributed by atoms with van der Waals surface area (Å²) in [6.45, 7) is 6.18. The molecule has 4 heteroatoms. The van der Waals surface area contributed by atoms with Crippen LogP contribution in [0.2, 0.25) is 0 Å². The van der Waals surface area contributed by atoms with E-state index in [0.29, 0.717) is 0 Å². The number of aromatic nitrogens is 1. The summed E-state index contributed by atoms with van der Waals surface area (Å²) in [5.74, 6) is 0. The highest BCUT2D eigenvalue weighted by Crippen LogP contribution is 2.28. The molecule has 1 aliphatic rings. The molecule has 2 rings (SSSR count). The summed E-state index contributed by atoms with van der Waals surface area (Å²) in [4.78, 5) is 4.04. The average Bonchev–Trinajstić information content (AvgIpc) is 2.35. The fraction of sp³-hybridized carbons (Fsp3) is 0.667. The van der Waals surface area contributed by atoms with Crippen LogP contribution in [0.5, 0.6) is 0 Å². The number of nitrogens with zero attached hydrogens (tertiary/aromatic N) is 1. The lowest BCUT2D eigenvalue weighted by molar-refractivity contribution is -0.126. The van der Waals surface area contributed by atoms with Gasteiger partial charge >= 0.3 is 0 Å². The van der Waals surface area contributed by atoms with Crippen molar-refractivity contribution >= 4 is 0 Å². The molecular weight excluding hydrogens is 240 g/mol. The Morgan fingerprint density at radius 1 is 1.26 bits per heavy atom. The van der Waals surface area contributed by atoms with Crippen molar-refractivity contribution in [3.63, 3.8) is 0 Å². The first-order chi connectivity index (χ1) is 9.06. The lowest BCUT2D eigenvalue weighted by Gasteiger charge is -2.35. The molecule has 1 fully saturated rings. The standard InChI is InChI=1S/C15H24N2O2/c1-10-8-14(9-11(2)18-10)19-15(12(3)16)13-4-6-17-7-5-13/h4-7,10-12,14-15H,8-9,16H2,1-3H3. The van der Waals surface area contributed by atoms with Crippen LogP contribution in [-0.4, -0.2) is 29.3 Å². The van der Waals surface area contributed by atoms with Crippen LogP contribution in [0.4, 0.5) is 0 Å². The maximum atomic E-state index is 6.25. The molecule has 4 unspecified atom stereocenters. The highest BCUT2D eigenvalue weighted by Gasteiger charge is 2.29. The molecule has 0 aromatic carbocycles. The maximum Gasteiger partial charge on any atom is 0.0977 e. The second-order valence-corrected chi connectivity index (χ2v) is 5.55. The summed E-state index contributed by atoms with van der Waals surface area (Å²) >= 11 is 0. The molecule has 0 saturated carbocycles. The molecule has 106 valence electrons. The molecule has 1 aliphatic heterocycles. The predicted molar refractivity (Wildman–Crippen MR) is 74.7 cm³/mol. The normalized spacial score (nSPS) is 30.8. The van der Waals surface area contributed by atoms with Gasteiger partial charge in [0.1, 0.15) is 0 Å². The molecule has 19 heavy (non-hydrogen) atoms. The minimum atomic E-state index is -0.0782. The van der Waals surface area contributed by atoms with Crippen molar-refractivity contribution in [3.8, 4) is 0 Å². The molecule has 4 atom stereocenters. The van der Waals surface area contributed by atoms with Crippen molar-refractivity contribution < 1.29 is 9.47 Å². The van der Waals surface area contributed by atoms with E-state index in [4.69, 9.17) is 15.2 Å². The van der Waals surface area contributed by atoms with E-state index >= 15 is 0 Å². The molecule has 0 spiro atoms. The second kappa shape index (κ2) is 6.46. The highest BCUT2D eigenvalue weighted by atomic mass is 16.5. The van der Waals surface area contributed by atoms with Crippen molar-refractivity contribution in [2.75, 3.05) is 0 Å². The summed E-state index contributed by atoms with van der Waals surface area (Å²) in [5, 5.41) is 0. The predicted octanol–water partition coefficient (Wildman–Crippen LogP) is 2.44. The molecular formula is C15H24N2O2. The Balaban J connectivity index is 2.05. The quantitative estimate of drug-likeness (QED) is 0.907. The van der Waals surface area contributed by atoms with Crippen LogP contribution in [0.15, 0.2) is 24.5 Å². The van der Waals surface area contributed by atoms with E-state index in [2.05, 4.69) is 18.8 Å². The highest BCUT2D eigenvalue weighted by molar-refractivity contribution is 5.15. The van der Waals surface area contributed by atoms with Crippen LogP contribution >= 0.6 is 0 Å². The second-order valence-electron chi connectivity index (χ2n) is 5.55. The van der Waals surface area contributed by atoms with E-state index in [9.17, 15) is 0 Å². The van der Waals surface area contributed by atoms with Gasteiger partial charge in [-0.25, -0.2) is 0 Å². The number of rotatable bonds is 4. The zero-order valence-corrected chi connectivity index (χ0v) is 12.0. The molecule has 0 bridgehead atoms. The molecule has 1 saturated heterocycles. The van der Waals surface area contributed by atoms with Crippen molar-refractivity contribution in [3.05, 3.63) is 30.1 Å². The van der Waals surface area contributed by atoms with Crippen molar-refractivity contribution in [2.45, 2.75) is 64.1 Å². The van der Waals surface area contributed by atoms with Crippen LogP contribution in [0.1, 0.15) is 45.3 Å². The molecule has 2 heterocycles. The van der Waals surface area contributed by atoms with Gasteiger partial charge in [-0.15, -0.1) is 0 Å². The van der Waals surface area contributed by atoms with E-state index in [1.807, 2.05) is 19.1 Å². The van der Waals surface area contributed by atoms with Gasteiger partial charge in [0.15, 0.2) is 0 Å². The Morgan fingerprint density at radius 2 is 1.84 bits per heavy atom. The lowest BCUT2D eigenvalue weighted by atomic mass is 10.00. The Kier molecular flexibility index (Phi) is 4.91. The van der Waals surface area contributed by atoms with E-state index in [1.165, 1.54) is 0 Å². The van der Waals surface area contributed by atoms with Gasteiger partial charge in [0.2, 0.25) is 0 Å². The molecule has 1 aromatic rings. The first-order valence-electron chi connectivity index (χ1n) is 7.02. The fourth-order valence-electron chi connectivity index (χ4n) is 2.72. The summed E-state index contributed by atoms with van der Waals surface area (Å²) in [6.07, 6.45) is 6.05. The van der Waals surface area contributed by atoms with Crippen molar-refractivity contribution in [1.29, 1.82) is 0 Å². The average molecular weight is 264 g/mol. The number of nitrogens with two attached hydrogens (primary N) is 1. The Morgan fingerprint density at radius 3 is 2.37 bits per heavy atom. The van der Waals surface area contributed by atoms with Crippen LogP contribution < -0.4 is 5.73 Å². The van der Waals surface area contributed by atoms with E-state index in [0.717, 1.165) is 18.4 Å². The first kappa shape index (κ1) is 14.4. The van der Waals surface area contributed by atoms with E-state index < -0.39 is 0 Å². The Hall–Kier alpha value is -0.970. The van der Waals surface area contributed by atoms with Crippen LogP contribution in [-0.2, 0) is 9.47 Å². The number of pyridine rings is 1. The molecule has 4 nitrogen and oxygen atoms in total. The SMILES string of the molecule is CC1CC(OC(c2ccncc2)C(C)N)CC(C)O1. The summed E-state index contributed by atoms with van der Waals surface area (Å²) < 4.78 is 12.0. The molecule has 0 amide bonds. The molecule has 0 aliphatic carbocycles. The Bertz CT molecular complexity index is 373. The molecule has 2 N–H and O–H groups in total. The third-order valence-corrected chi connectivity index (χ3v) is 3.51. The van der Waals surface area contributed by atoms with Gasteiger partial charge < -0.3 is 15.2 Å². The van der Waals surface area contributed by atoms with E-state index in [-0.39, 0.29) is 30.5 Å². The lowest BCUT2D eigenvalue weighted by Crippen LogP contribution is -2.37. The van der Waals surface area contributed by atoms with Gasteiger partial charge in [0.25, 0.3) is 0 Å². The summed E-state index contributed by atoms with van der Waals surface area (Å²) in [7, 11) is 0. The first-order valence-corrected chi connectivity index (χ1v) is 7.02. The molecule has 1 aromatic heterocycles. The van der Waals surface area contributed by atoms with Gasteiger partial charge in [0, 0.05) is 18.4 Å². The topological polar surface area (TPSA) is 57.4 Å². The summed E-state index contributed by atoms with van der Waals surface area (Å²) in [6, 6.07) is 3.90. The number of hydrogen-bond acceptors (Lipinski definition) is 4. The zero-order valence-electron chi connectivity index (χ0n) is 12.0. The summed E-state index contributed by atoms with van der Waals surface area (Å²) in [5.41, 5.74) is 7.17. The van der Waals surface area contributed by atoms with Gasteiger partial charge in [-0.3, -0.25) is 4.98 Å². The largest absolute Gasteiger partial charge is 0.375 e. The van der Waals surface area contributed by atoms with Gasteiger partial charge in [-0.2, -0.15) is 0 Å². The monoisotopic (exact) mass is 264 g/mol.